The van der Waals surface area contributed by atoms with E-state index in [1.54, 1.807) is 19.1 Å². The molecule has 0 amide bonds. The van der Waals surface area contributed by atoms with Gasteiger partial charge in [-0.15, -0.1) is 0 Å². The van der Waals surface area contributed by atoms with Gasteiger partial charge < -0.3 is 5.32 Å². The monoisotopic (exact) mass is 385 g/mol. The Hall–Kier alpha value is -1.86. The molecule has 136 valence electrons. The van der Waals surface area contributed by atoms with Crippen molar-refractivity contribution in [2.24, 2.45) is 0 Å². The van der Waals surface area contributed by atoms with Crippen LogP contribution >= 0.6 is 11.6 Å². The van der Waals surface area contributed by atoms with Crippen LogP contribution in [0.1, 0.15) is 27.2 Å². The van der Waals surface area contributed by atoms with Crippen LogP contribution in [0.2, 0.25) is 5.02 Å². The molecule has 0 atom stereocenters. The lowest BCUT2D eigenvalue weighted by Crippen LogP contribution is -2.29. The van der Waals surface area contributed by atoms with Gasteiger partial charge in [0.15, 0.2) is 0 Å². The number of halogens is 2. The van der Waals surface area contributed by atoms with Crippen LogP contribution in [0.4, 0.5) is 21.6 Å². The van der Waals surface area contributed by atoms with Gasteiger partial charge in [-0.3, -0.25) is 0 Å². The van der Waals surface area contributed by atoms with Gasteiger partial charge in [-0.05, 0) is 50.6 Å². The number of nitrogens with one attached hydrogen (secondary N) is 1. The van der Waals surface area contributed by atoms with E-state index in [1.807, 2.05) is 13.8 Å². The van der Waals surface area contributed by atoms with Crippen molar-refractivity contribution in [3.8, 4) is 0 Å². The van der Waals surface area contributed by atoms with Crippen molar-refractivity contribution in [2.75, 3.05) is 15.4 Å². The first-order chi connectivity index (χ1) is 11.7. The molecule has 2 rings (SSSR count). The Balaban J connectivity index is 2.52. The van der Waals surface area contributed by atoms with E-state index in [-0.39, 0.29) is 28.2 Å². The number of hydrogen-bond donors (Lipinski definition) is 1. The summed E-state index contributed by atoms with van der Waals surface area (Å²) in [5.41, 5.74) is 0.188. The van der Waals surface area contributed by atoms with Crippen LogP contribution in [-0.2, 0) is 10.0 Å². The highest BCUT2D eigenvalue weighted by atomic mass is 35.5. The SMILES string of the molecule is CCCS(=O)(=O)N(c1ccc(NC(C)C)nc1)c1ccc(Cl)cc1F. The first-order valence-electron chi connectivity index (χ1n) is 7.95. The summed E-state index contributed by atoms with van der Waals surface area (Å²) < 4.78 is 40.8. The van der Waals surface area contributed by atoms with Crippen LogP contribution in [0.25, 0.3) is 0 Å². The minimum absolute atomic E-state index is 0.0794. The van der Waals surface area contributed by atoms with E-state index in [9.17, 15) is 12.8 Å². The van der Waals surface area contributed by atoms with Crippen LogP contribution in [0.15, 0.2) is 36.5 Å². The Morgan fingerprint density at radius 2 is 2.00 bits per heavy atom. The molecule has 1 N–H and O–H groups in total. The molecule has 0 spiro atoms. The molecule has 1 aromatic heterocycles. The minimum Gasteiger partial charge on any atom is -0.368 e. The summed E-state index contributed by atoms with van der Waals surface area (Å²) in [5, 5.41) is 3.32. The second kappa shape index (κ2) is 8.01. The molecule has 0 aliphatic heterocycles. The summed E-state index contributed by atoms with van der Waals surface area (Å²) in [7, 11) is -3.76. The molecule has 0 radical (unpaired) electrons. The lowest BCUT2D eigenvalue weighted by molar-refractivity contribution is 0.590. The Morgan fingerprint density at radius 1 is 1.28 bits per heavy atom. The summed E-state index contributed by atoms with van der Waals surface area (Å²) in [6.07, 6.45) is 1.82. The number of benzene rings is 1. The van der Waals surface area contributed by atoms with Gasteiger partial charge in [-0.25, -0.2) is 22.1 Å². The third kappa shape index (κ3) is 4.83. The normalized spacial score (nSPS) is 11.6. The second-order valence-electron chi connectivity index (χ2n) is 5.88. The molecule has 2 aromatic rings. The maximum Gasteiger partial charge on any atom is 0.239 e. The van der Waals surface area contributed by atoms with E-state index in [0.29, 0.717) is 12.2 Å². The van der Waals surface area contributed by atoms with Crippen LogP contribution < -0.4 is 9.62 Å². The van der Waals surface area contributed by atoms with Crippen LogP contribution in [0.5, 0.6) is 0 Å². The molecule has 0 aliphatic rings. The van der Waals surface area contributed by atoms with Crippen molar-refractivity contribution < 1.29 is 12.8 Å². The lowest BCUT2D eigenvalue weighted by Gasteiger charge is -2.25. The number of aromatic nitrogens is 1. The van der Waals surface area contributed by atoms with E-state index < -0.39 is 15.8 Å². The fourth-order valence-corrected chi connectivity index (χ4v) is 4.07. The number of sulfonamides is 1. The van der Waals surface area contributed by atoms with Crippen LogP contribution in [-0.4, -0.2) is 25.2 Å². The van der Waals surface area contributed by atoms with Gasteiger partial charge in [0.2, 0.25) is 10.0 Å². The maximum atomic E-state index is 14.4. The summed E-state index contributed by atoms with van der Waals surface area (Å²) in [4.78, 5) is 4.22. The van der Waals surface area contributed by atoms with E-state index in [2.05, 4.69) is 10.3 Å². The van der Waals surface area contributed by atoms with E-state index in [1.165, 1.54) is 18.3 Å². The molecule has 0 saturated carbocycles. The molecular formula is C17H21ClFN3O2S. The average Bonchev–Trinajstić information content (AvgIpc) is 2.50. The fraction of sp³-hybridized carbons (Fsp3) is 0.353. The quantitative estimate of drug-likeness (QED) is 0.758. The highest BCUT2D eigenvalue weighted by molar-refractivity contribution is 7.93. The number of anilines is 3. The Labute approximate surface area is 152 Å². The average molecular weight is 386 g/mol. The van der Waals surface area contributed by atoms with E-state index in [4.69, 9.17) is 11.6 Å². The Kier molecular flexibility index (Phi) is 6.24. The molecule has 0 aliphatic carbocycles. The molecule has 5 nitrogen and oxygen atoms in total. The number of rotatable bonds is 7. The van der Waals surface area contributed by atoms with Crippen molar-refractivity contribution in [2.45, 2.75) is 33.2 Å². The van der Waals surface area contributed by atoms with Gasteiger partial charge >= 0.3 is 0 Å². The number of hydrogen-bond acceptors (Lipinski definition) is 4. The van der Waals surface area contributed by atoms with Crippen molar-refractivity contribution >= 4 is 38.8 Å². The summed E-state index contributed by atoms with van der Waals surface area (Å²) in [6.45, 7) is 5.69. The predicted molar refractivity (Wildman–Crippen MR) is 101 cm³/mol. The summed E-state index contributed by atoms with van der Waals surface area (Å²) in [6, 6.07) is 7.35. The van der Waals surface area contributed by atoms with Crippen LogP contribution in [0, 0.1) is 5.82 Å². The first-order valence-corrected chi connectivity index (χ1v) is 9.94. The zero-order valence-corrected chi connectivity index (χ0v) is 15.9. The number of pyridine rings is 1. The molecule has 0 bridgehead atoms. The first kappa shape index (κ1) is 19.5. The third-order valence-corrected chi connectivity index (χ3v) is 5.41. The van der Waals surface area contributed by atoms with Crippen molar-refractivity contribution in [1.29, 1.82) is 0 Å². The molecule has 0 fully saturated rings. The highest BCUT2D eigenvalue weighted by Crippen LogP contribution is 2.33. The standard InChI is InChI=1S/C17H21ClFN3O2S/c1-4-9-25(23,24)22(16-7-5-13(18)10-15(16)19)14-6-8-17(20-11-14)21-12(2)3/h5-8,10-12H,4,9H2,1-3H3,(H,20,21). The molecule has 8 heteroatoms. The minimum atomic E-state index is -3.76. The fourth-order valence-electron chi connectivity index (χ4n) is 2.33. The molecule has 1 aromatic carbocycles. The number of nitrogens with zero attached hydrogens (tertiary/aromatic N) is 2. The van der Waals surface area contributed by atoms with Crippen molar-refractivity contribution in [3.05, 3.63) is 47.4 Å². The zero-order chi connectivity index (χ0) is 18.6. The lowest BCUT2D eigenvalue weighted by atomic mass is 10.3. The summed E-state index contributed by atoms with van der Waals surface area (Å²) >= 11 is 5.78. The zero-order valence-electron chi connectivity index (χ0n) is 14.3. The van der Waals surface area contributed by atoms with Gasteiger partial charge in [0.05, 0.1) is 23.3 Å². The molecule has 0 saturated heterocycles. The Bertz CT molecular complexity index is 826. The largest absolute Gasteiger partial charge is 0.368 e. The predicted octanol–water partition coefficient (Wildman–Crippen LogP) is 4.57. The Morgan fingerprint density at radius 3 is 2.52 bits per heavy atom. The maximum absolute atomic E-state index is 14.4. The van der Waals surface area contributed by atoms with Crippen LogP contribution in [0.3, 0.4) is 0 Å². The smallest absolute Gasteiger partial charge is 0.239 e. The topological polar surface area (TPSA) is 62.3 Å². The van der Waals surface area contributed by atoms with E-state index >= 15 is 0 Å². The van der Waals surface area contributed by atoms with Crippen molar-refractivity contribution in [1.82, 2.24) is 4.98 Å². The molecule has 25 heavy (non-hydrogen) atoms. The third-order valence-electron chi connectivity index (χ3n) is 3.29. The van der Waals surface area contributed by atoms with Gasteiger partial charge in [0.25, 0.3) is 0 Å². The second-order valence-corrected chi connectivity index (χ2v) is 8.25. The van der Waals surface area contributed by atoms with Crippen molar-refractivity contribution in [3.63, 3.8) is 0 Å². The van der Waals surface area contributed by atoms with Gasteiger partial charge in [0.1, 0.15) is 11.6 Å². The summed E-state index contributed by atoms with van der Waals surface area (Å²) in [5.74, 6) is -0.208. The molecule has 1 heterocycles. The van der Waals surface area contributed by atoms with E-state index in [0.717, 1.165) is 10.4 Å². The molecule has 0 unspecified atom stereocenters. The van der Waals surface area contributed by atoms with Gasteiger partial charge in [0, 0.05) is 11.1 Å². The highest BCUT2D eigenvalue weighted by Gasteiger charge is 2.26. The van der Waals surface area contributed by atoms with Gasteiger partial charge in [-0.1, -0.05) is 18.5 Å². The van der Waals surface area contributed by atoms with Gasteiger partial charge in [-0.2, -0.15) is 0 Å². The molecular weight excluding hydrogens is 365 g/mol.